The molecule has 1 heterocycles. The molecule has 2 aromatic rings. The predicted octanol–water partition coefficient (Wildman–Crippen LogP) is 2.88. The summed E-state index contributed by atoms with van der Waals surface area (Å²) in [5, 5.41) is 4.18. The molecule has 0 atom stereocenters. The van der Waals surface area contributed by atoms with Crippen molar-refractivity contribution in [2.75, 3.05) is 0 Å². The van der Waals surface area contributed by atoms with Crippen LogP contribution in [0.4, 0.5) is 0 Å². The van der Waals surface area contributed by atoms with Crippen molar-refractivity contribution in [1.82, 2.24) is 14.8 Å². The van der Waals surface area contributed by atoms with Crippen LogP contribution in [0.2, 0.25) is 0 Å². The average molecular weight is 245 g/mol. The summed E-state index contributed by atoms with van der Waals surface area (Å²) < 4.78 is 7.72. The molecule has 0 saturated carbocycles. The van der Waals surface area contributed by atoms with Crippen LogP contribution in [0.5, 0.6) is 5.75 Å². The molecule has 0 amide bonds. The molecule has 0 bridgehead atoms. The maximum Gasteiger partial charge on any atom is 0.164 e. The van der Waals surface area contributed by atoms with E-state index in [9.17, 15) is 0 Å². The maximum atomic E-state index is 5.83. The topological polar surface area (TPSA) is 39.9 Å². The normalized spacial score (nSPS) is 10.6. The number of rotatable bonds is 5. The summed E-state index contributed by atoms with van der Waals surface area (Å²) in [5.41, 5.74) is 2.34. The minimum absolute atomic E-state index is 0.463. The first-order chi connectivity index (χ1) is 8.70. The zero-order chi connectivity index (χ0) is 13.0. The molecule has 0 aliphatic rings. The van der Waals surface area contributed by atoms with Gasteiger partial charge in [0, 0.05) is 6.54 Å². The van der Waals surface area contributed by atoms with Crippen LogP contribution in [0.3, 0.4) is 0 Å². The molecule has 2 rings (SSSR count). The number of nitrogens with zero attached hydrogens (tertiary/aromatic N) is 3. The van der Waals surface area contributed by atoms with E-state index >= 15 is 0 Å². The summed E-state index contributed by atoms with van der Waals surface area (Å²) in [7, 11) is 0. The van der Waals surface area contributed by atoms with Crippen LogP contribution in [-0.2, 0) is 13.2 Å². The van der Waals surface area contributed by atoms with Crippen molar-refractivity contribution >= 4 is 0 Å². The van der Waals surface area contributed by atoms with Gasteiger partial charge in [0.05, 0.1) is 0 Å². The minimum atomic E-state index is 0.463. The third kappa shape index (κ3) is 2.88. The molecule has 0 spiro atoms. The molecule has 0 aliphatic heterocycles. The minimum Gasteiger partial charge on any atom is -0.485 e. The fourth-order valence-corrected chi connectivity index (χ4v) is 1.80. The van der Waals surface area contributed by atoms with E-state index in [4.69, 9.17) is 4.74 Å². The number of benzene rings is 1. The summed E-state index contributed by atoms with van der Waals surface area (Å²) in [4.78, 5) is 4.23. The van der Waals surface area contributed by atoms with Crippen LogP contribution in [0.1, 0.15) is 30.3 Å². The van der Waals surface area contributed by atoms with Crippen LogP contribution in [-0.4, -0.2) is 14.8 Å². The molecule has 0 radical (unpaired) electrons. The highest BCUT2D eigenvalue weighted by Crippen LogP contribution is 2.20. The third-order valence-corrected chi connectivity index (χ3v) is 2.83. The summed E-state index contributed by atoms with van der Waals surface area (Å²) >= 11 is 0. The second-order valence-corrected chi connectivity index (χ2v) is 4.46. The average Bonchev–Trinajstić information content (AvgIpc) is 2.78. The molecule has 0 N–H and O–H groups in total. The first-order valence-electron chi connectivity index (χ1n) is 6.27. The molecule has 96 valence electrons. The van der Waals surface area contributed by atoms with Crippen LogP contribution in [0, 0.1) is 13.8 Å². The number of ether oxygens (including phenoxy) is 1. The number of aryl methyl sites for hydroxylation is 3. The second-order valence-electron chi connectivity index (χ2n) is 4.46. The SMILES string of the molecule is CCCn1ncnc1COc1cc(C)ccc1C. The largest absolute Gasteiger partial charge is 0.485 e. The van der Waals surface area contributed by atoms with Crippen LogP contribution < -0.4 is 4.74 Å². The smallest absolute Gasteiger partial charge is 0.164 e. The van der Waals surface area contributed by atoms with Crippen LogP contribution in [0.25, 0.3) is 0 Å². The van der Waals surface area contributed by atoms with Crippen LogP contribution in [0.15, 0.2) is 24.5 Å². The number of aromatic nitrogens is 3. The van der Waals surface area contributed by atoms with E-state index in [0.29, 0.717) is 6.61 Å². The van der Waals surface area contributed by atoms with Gasteiger partial charge >= 0.3 is 0 Å². The van der Waals surface area contributed by atoms with Gasteiger partial charge in [0.15, 0.2) is 5.82 Å². The van der Waals surface area contributed by atoms with Crippen molar-refractivity contribution in [2.45, 2.75) is 40.3 Å². The first-order valence-corrected chi connectivity index (χ1v) is 6.27. The Kier molecular flexibility index (Phi) is 3.97. The van der Waals surface area contributed by atoms with Crippen molar-refractivity contribution < 1.29 is 4.74 Å². The summed E-state index contributed by atoms with van der Waals surface area (Å²) in [6.45, 7) is 7.57. The van der Waals surface area contributed by atoms with Gasteiger partial charge in [0.1, 0.15) is 18.7 Å². The Morgan fingerprint density at radius 3 is 2.89 bits per heavy atom. The van der Waals surface area contributed by atoms with Gasteiger partial charge in [-0.3, -0.25) is 0 Å². The molecule has 18 heavy (non-hydrogen) atoms. The highest BCUT2D eigenvalue weighted by Gasteiger charge is 2.06. The van der Waals surface area contributed by atoms with E-state index in [-0.39, 0.29) is 0 Å². The lowest BCUT2D eigenvalue weighted by atomic mass is 10.1. The van der Waals surface area contributed by atoms with Gasteiger partial charge in [-0.25, -0.2) is 9.67 Å². The third-order valence-electron chi connectivity index (χ3n) is 2.83. The van der Waals surface area contributed by atoms with Crippen molar-refractivity contribution in [1.29, 1.82) is 0 Å². The van der Waals surface area contributed by atoms with Crippen molar-refractivity contribution in [3.05, 3.63) is 41.5 Å². The highest BCUT2D eigenvalue weighted by atomic mass is 16.5. The molecule has 0 unspecified atom stereocenters. The van der Waals surface area contributed by atoms with Crippen molar-refractivity contribution in [3.8, 4) is 5.75 Å². The molecule has 4 nitrogen and oxygen atoms in total. The van der Waals surface area contributed by atoms with Crippen LogP contribution >= 0.6 is 0 Å². The van der Waals surface area contributed by atoms with Gasteiger partial charge < -0.3 is 4.74 Å². The van der Waals surface area contributed by atoms with Gasteiger partial charge in [-0.15, -0.1) is 0 Å². The zero-order valence-electron chi connectivity index (χ0n) is 11.2. The molecular formula is C14H19N3O. The summed E-state index contributed by atoms with van der Waals surface area (Å²) in [6.07, 6.45) is 2.62. The maximum absolute atomic E-state index is 5.83. The van der Waals surface area contributed by atoms with Crippen molar-refractivity contribution in [2.24, 2.45) is 0 Å². The Hall–Kier alpha value is -1.84. The van der Waals surface area contributed by atoms with Gasteiger partial charge in [0.25, 0.3) is 0 Å². The Bertz CT molecular complexity index is 520. The highest BCUT2D eigenvalue weighted by molar-refractivity contribution is 5.35. The Morgan fingerprint density at radius 2 is 2.11 bits per heavy atom. The molecule has 4 heteroatoms. The lowest BCUT2D eigenvalue weighted by Gasteiger charge is -2.10. The molecule has 0 saturated heterocycles. The second kappa shape index (κ2) is 5.67. The summed E-state index contributed by atoms with van der Waals surface area (Å²) in [6, 6.07) is 6.21. The van der Waals surface area contributed by atoms with E-state index in [1.807, 2.05) is 11.6 Å². The fourth-order valence-electron chi connectivity index (χ4n) is 1.80. The lowest BCUT2D eigenvalue weighted by Crippen LogP contribution is -2.08. The molecular weight excluding hydrogens is 226 g/mol. The molecule has 1 aromatic carbocycles. The number of hydrogen-bond donors (Lipinski definition) is 0. The monoisotopic (exact) mass is 245 g/mol. The predicted molar refractivity (Wildman–Crippen MR) is 70.6 cm³/mol. The van der Waals surface area contributed by atoms with Gasteiger partial charge in [0.2, 0.25) is 0 Å². The van der Waals surface area contributed by atoms with E-state index < -0.39 is 0 Å². The zero-order valence-corrected chi connectivity index (χ0v) is 11.2. The number of hydrogen-bond acceptors (Lipinski definition) is 3. The van der Waals surface area contributed by atoms with Gasteiger partial charge in [-0.05, 0) is 37.5 Å². The van der Waals surface area contributed by atoms with Gasteiger partial charge in [-0.1, -0.05) is 19.1 Å². The quantitative estimate of drug-likeness (QED) is 0.813. The van der Waals surface area contributed by atoms with E-state index in [1.165, 1.54) is 5.56 Å². The Balaban J connectivity index is 2.06. The Labute approximate surface area is 108 Å². The molecule has 0 aliphatic carbocycles. The van der Waals surface area contributed by atoms with E-state index in [0.717, 1.165) is 30.1 Å². The first kappa shape index (κ1) is 12.6. The fraction of sp³-hybridized carbons (Fsp3) is 0.429. The van der Waals surface area contributed by atoms with E-state index in [2.05, 4.69) is 42.1 Å². The molecule has 1 aromatic heterocycles. The van der Waals surface area contributed by atoms with E-state index in [1.54, 1.807) is 6.33 Å². The van der Waals surface area contributed by atoms with Gasteiger partial charge in [-0.2, -0.15) is 5.10 Å². The molecule has 0 fully saturated rings. The lowest BCUT2D eigenvalue weighted by molar-refractivity contribution is 0.284. The van der Waals surface area contributed by atoms with Crippen molar-refractivity contribution in [3.63, 3.8) is 0 Å². The Morgan fingerprint density at radius 1 is 1.28 bits per heavy atom. The standard InChI is InChI=1S/C14H19N3O/c1-4-7-17-14(15-10-16-17)9-18-13-8-11(2)5-6-12(13)3/h5-6,8,10H,4,7,9H2,1-3H3. The summed E-state index contributed by atoms with van der Waals surface area (Å²) in [5.74, 6) is 1.79.